The number of rotatable bonds is 4. The summed E-state index contributed by atoms with van der Waals surface area (Å²) >= 11 is 7.57. The van der Waals surface area contributed by atoms with Crippen molar-refractivity contribution in [2.75, 3.05) is 33.3 Å². The minimum absolute atomic E-state index is 0.150. The second-order valence-corrected chi connectivity index (χ2v) is 6.52. The molecule has 19 heavy (non-hydrogen) atoms. The highest BCUT2D eigenvalue weighted by molar-refractivity contribution is 7.16. The van der Waals surface area contributed by atoms with Crippen molar-refractivity contribution < 1.29 is 9.53 Å². The van der Waals surface area contributed by atoms with Gasteiger partial charge in [-0.25, -0.2) is 0 Å². The average molecular weight is 303 g/mol. The van der Waals surface area contributed by atoms with Gasteiger partial charge in [0.25, 0.3) is 0 Å². The summed E-state index contributed by atoms with van der Waals surface area (Å²) in [6.45, 7) is 6.58. The van der Waals surface area contributed by atoms with Gasteiger partial charge in [-0.2, -0.15) is 0 Å². The zero-order valence-corrected chi connectivity index (χ0v) is 12.8. The fourth-order valence-corrected chi connectivity index (χ4v) is 3.42. The van der Waals surface area contributed by atoms with Crippen molar-refractivity contribution in [2.24, 2.45) is 0 Å². The largest absolute Gasteiger partial charge is 0.468 e. The van der Waals surface area contributed by atoms with E-state index in [2.05, 4.69) is 15.9 Å². The van der Waals surface area contributed by atoms with Crippen LogP contribution < -0.4 is 0 Å². The van der Waals surface area contributed by atoms with Crippen molar-refractivity contribution in [3.05, 3.63) is 21.3 Å². The molecular weight excluding hydrogens is 284 g/mol. The minimum atomic E-state index is -0.154. The molecule has 2 rings (SSSR count). The van der Waals surface area contributed by atoms with Crippen LogP contribution in [0.5, 0.6) is 0 Å². The summed E-state index contributed by atoms with van der Waals surface area (Å²) in [5.41, 5.74) is 0. The Kier molecular flexibility index (Phi) is 5.21. The third kappa shape index (κ3) is 3.92. The van der Waals surface area contributed by atoms with Crippen LogP contribution in [0.1, 0.15) is 11.8 Å². The Morgan fingerprint density at radius 1 is 1.42 bits per heavy atom. The highest BCUT2D eigenvalue weighted by Gasteiger charge is 2.26. The standard InChI is InChI=1S/C13H19ClN2O2S/c1-10(13(17)18-2)16-7-5-15(6-8-16)9-11-3-4-12(14)19-11/h3-4,10H,5-9H2,1-2H3. The summed E-state index contributed by atoms with van der Waals surface area (Å²) in [7, 11) is 1.44. The Hall–Kier alpha value is -0.620. The van der Waals surface area contributed by atoms with Crippen molar-refractivity contribution in [1.82, 2.24) is 9.80 Å². The first-order valence-corrected chi connectivity index (χ1v) is 7.58. The molecule has 106 valence electrons. The number of hydrogen-bond donors (Lipinski definition) is 0. The smallest absolute Gasteiger partial charge is 0.322 e. The molecule has 0 N–H and O–H groups in total. The third-order valence-corrected chi connectivity index (χ3v) is 4.72. The highest BCUT2D eigenvalue weighted by atomic mass is 35.5. The molecule has 0 aliphatic carbocycles. The zero-order chi connectivity index (χ0) is 13.8. The molecule has 2 heterocycles. The Balaban J connectivity index is 1.80. The summed E-state index contributed by atoms with van der Waals surface area (Å²) in [5.74, 6) is -0.154. The Morgan fingerprint density at radius 3 is 2.63 bits per heavy atom. The topological polar surface area (TPSA) is 32.8 Å². The van der Waals surface area contributed by atoms with Crippen LogP contribution in [0.2, 0.25) is 4.34 Å². The maximum atomic E-state index is 11.5. The molecule has 1 saturated heterocycles. The summed E-state index contributed by atoms with van der Waals surface area (Å²) < 4.78 is 5.62. The number of hydrogen-bond acceptors (Lipinski definition) is 5. The Labute approximate surface area is 122 Å². The van der Waals surface area contributed by atoms with Gasteiger partial charge in [0.15, 0.2) is 0 Å². The Morgan fingerprint density at radius 2 is 2.11 bits per heavy atom. The third-order valence-electron chi connectivity index (χ3n) is 3.51. The summed E-state index contributed by atoms with van der Waals surface area (Å²) in [4.78, 5) is 17.3. The number of esters is 1. The van der Waals surface area contributed by atoms with Crippen LogP contribution in [0.4, 0.5) is 0 Å². The molecule has 1 fully saturated rings. The van der Waals surface area contributed by atoms with E-state index >= 15 is 0 Å². The van der Waals surface area contributed by atoms with Crippen LogP contribution in [-0.2, 0) is 16.1 Å². The second-order valence-electron chi connectivity index (χ2n) is 4.72. The monoisotopic (exact) mass is 302 g/mol. The van der Waals surface area contributed by atoms with E-state index in [1.807, 2.05) is 13.0 Å². The fourth-order valence-electron chi connectivity index (χ4n) is 2.29. The SMILES string of the molecule is COC(=O)C(C)N1CCN(Cc2ccc(Cl)s2)CC1. The van der Waals surface area contributed by atoms with Crippen LogP contribution in [0.3, 0.4) is 0 Å². The molecule has 0 bridgehead atoms. The normalized spacial score (nSPS) is 19.3. The van der Waals surface area contributed by atoms with E-state index in [4.69, 9.17) is 16.3 Å². The van der Waals surface area contributed by atoms with E-state index < -0.39 is 0 Å². The van der Waals surface area contributed by atoms with Gasteiger partial charge in [-0.15, -0.1) is 11.3 Å². The number of thiophene rings is 1. The first-order chi connectivity index (χ1) is 9.10. The summed E-state index contributed by atoms with van der Waals surface area (Å²) in [6.07, 6.45) is 0. The lowest BCUT2D eigenvalue weighted by Crippen LogP contribution is -2.51. The van der Waals surface area contributed by atoms with Crippen LogP contribution in [0.25, 0.3) is 0 Å². The predicted octanol–water partition coefficient (Wildman–Crippen LogP) is 2.08. The van der Waals surface area contributed by atoms with Crippen molar-refractivity contribution in [1.29, 1.82) is 0 Å². The van der Waals surface area contributed by atoms with Gasteiger partial charge in [-0.1, -0.05) is 11.6 Å². The van der Waals surface area contributed by atoms with Crippen molar-refractivity contribution in [3.8, 4) is 0 Å². The average Bonchev–Trinajstić information content (AvgIpc) is 2.83. The number of piperazine rings is 1. The highest BCUT2D eigenvalue weighted by Crippen LogP contribution is 2.23. The first kappa shape index (κ1) is 14.8. The predicted molar refractivity (Wildman–Crippen MR) is 77.7 cm³/mol. The molecule has 1 aromatic heterocycles. The number of nitrogens with zero attached hydrogens (tertiary/aromatic N) is 2. The molecule has 0 radical (unpaired) electrons. The number of ether oxygens (including phenoxy) is 1. The number of halogens is 1. The van der Waals surface area contributed by atoms with Crippen LogP contribution in [0, 0.1) is 0 Å². The van der Waals surface area contributed by atoms with Gasteiger partial charge in [-0.3, -0.25) is 14.6 Å². The molecule has 1 aliphatic rings. The molecule has 0 spiro atoms. The van der Waals surface area contributed by atoms with Crippen molar-refractivity contribution in [2.45, 2.75) is 19.5 Å². The van der Waals surface area contributed by atoms with Gasteiger partial charge in [-0.05, 0) is 19.1 Å². The maximum absolute atomic E-state index is 11.5. The molecule has 1 unspecified atom stereocenters. The van der Waals surface area contributed by atoms with Crippen LogP contribution >= 0.6 is 22.9 Å². The van der Waals surface area contributed by atoms with E-state index in [1.165, 1.54) is 12.0 Å². The van der Waals surface area contributed by atoms with Gasteiger partial charge < -0.3 is 4.74 Å². The molecule has 1 aromatic rings. The van der Waals surface area contributed by atoms with Crippen LogP contribution in [-0.4, -0.2) is 55.1 Å². The minimum Gasteiger partial charge on any atom is -0.468 e. The Bertz CT molecular complexity index is 430. The summed E-state index contributed by atoms with van der Waals surface area (Å²) in [6, 6.07) is 3.87. The molecule has 1 atom stereocenters. The quantitative estimate of drug-likeness (QED) is 0.797. The lowest BCUT2D eigenvalue weighted by atomic mass is 10.2. The van der Waals surface area contributed by atoms with Crippen LogP contribution in [0.15, 0.2) is 12.1 Å². The van der Waals surface area contributed by atoms with E-state index in [0.29, 0.717) is 0 Å². The van der Waals surface area contributed by atoms with E-state index in [-0.39, 0.29) is 12.0 Å². The van der Waals surface area contributed by atoms with Gasteiger partial charge in [0, 0.05) is 37.6 Å². The lowest BCUT2D eigenvalue weighted by Gasteiger charge is -2.36. The molecule has 0 amide bonds. The summed E-state index contributed by atoms with van der Waals surface area (Å²) in [5, 5.41) is 0. The van der Waals surface area contributed by atoms with E-state index in [0.717, 1.165) is 37.1 Å². The molecular formula is C13H19ClN2O2S. The molecule has 0 aromatic carbocycles. The maximum Gasteiger partial charge on any atom is 0.322 e. The first-order valence-electron chi connectivity index (χ1n) is 6.38. The number of methoxy groups -OCH3 is 1. The number of carbonyl (C=O) groups is 1. The van der Waals surface area contributed by atoms with Crippen molar-refractivity contribution in [3.63, 3.8) is 0 Å². The molecule has 1 aliphatic heterocycles. The molecule has 0 saturated carbocycles. The van der Waals surface area contributed by atoms with Crippen molar-refractivity contribution >= 4 is 28.9 Å². The second kappa shape index (κ2) is 6.70. The lowest BCUT2D eigenvalue weighted by molar-refractivity contribution is -0.147. The van der Waals surface area contributed by atoms with Gasteiger partial charge in [0.05, 0.1) is 11.4 Å². The molecule has 4 nitrogen and oxygen atoms in total. The van der Waals surface area contributed by atoms with Gasteiger partial charge in [0.2, 0.25) is 0 Å². The number of carbonyl (C=O) groups excluding carboxylic acids is 1. The van der Waals surface area contributed by atoms with E-state index in [1.54, 1.807) is 11.3 Å². The fraction of sp³-hybridized carbons (Fsp3) is 0.615. The zero-order valence-electron chi connectivity index (χ0n) is 11.3. The van der Waals surface area contributed by atoms with E-state index in [9.17, 15) is 4.79 Å². The van der Waals surface area contributed by atoms with Gasteiger partial charge >= 0.3 is 5.97 Å². The van der Waals surface area contributed by atoms with Gasteiger partial charge in [0.1, 0.15) is 6.04 Å². The molecule has 6 heteroatoms.